The highest BCUT2D eigenvalue weighted by molar-refractivity contribution is 5.35. The summed E-state index contributed by atoms with van der Waals surface area (Å²) in [5, 5.41) is 13.2. The van der Waals surface area contributed by atoms with Gasteiger partial charge in [-0.25, -0.2) is 8.78 Å². The van der Waals surface area contributed by atoms with E-state index >= 15 is 0 Å². The van der Waals surface area contributed by atoms with E-state index in [0.717, 1.165) is 0 Å². The summed E-state index contributed by atoms with van der Waals surface area (Å²) >= 11 is 0. The molecule has 1 aromatic rings. The van der Waals surface area contributed by atoms with Crippen molar-refractivity contribution in [3.63, 3.8) is 0 Å². The lowest BCUT2D eigenvalue weighted by Crippen LogP contribution is -2.34. The highest BCUT2D eigenvalue weighted by Crippen LogP contribution is 2.48. The third kappa shape index (κ3) is 2.23. The minimum Gasteiger partial charge on any atom is -0.382 e. The van der Waals surface area contributed by atoms with Gasteiger partial charge < -0.3 is 5.11 Å². The van der Waals surface area contributed by atoms with Crippen molar-refractivity contribution in [3.8, 4) is 0 Å². The lowest BCUT2D eigenvalue weighted by Gasteiger charge is -2.35. The number of hydrogen-bond donors (Lipinski definition) is 1. The zero-order chi connectivity index (χ0) is 15.6. The van der Waals surface area contributed by atoms with Gasteiger partial charge in [0.25, 0.3) is 5.92 Å². The molecule has 1 heterocycles. The highest BCUT2D eigenvalue weighted by atomic mass is 19.4. The molecule has 0 amide bonds. The zero-order valence-corrected chi connectivity index (χ0v) is 11.3. The van der Waals surface area contributed by atoms with Gasteiger partial charge in [-0.05, 0) is 25.2 Å². The lowest BCUT2D eigenvalue weighted by molar-refractivity contribution is -0.150. The number of alkyl halides is 5. The number of fused-ring (bicyclic) bond motifs is 1. The molecule has 1 aromatic heterocycles. The van der Waals surface area contributed by atoms with Crippen LogP contribution in [0, 0.1) is 5.92 Å². The van der Waals surface area contributed by atoms with Crippen LogP contribution in [0.1, 0.15) is 55.3 Å². The largest absolute Gasteiger partial charge is 0.435 e. The van der Waals surface area contributed by atoms with Crippen molar-refractivity contribution in [1.82, 2.24) is 9.78 Å². The highest BCUT2D eigenvalue weighted by Gasteiger charge is 2.52. The van der Waals surface area contributed by atoms with Gasteiger partial charge in [-0.2, -0.15) is 18.3 Å². The second-order valence-electron chi connectivity index (χ2n) is 6.05. The Morgan fingerprint density at radius 2 is 1.90 bits per heavy atom. The summed E-state index contributed by atoms with van der Waals surface area (Å²) in [6, 6.07) is -0.191. The van der Waals surface area contributed by atoms with E-state index in [9.17, 15) is 27.1 Å². The Morgan fingerprint density at radius 1 is 1.29 bits per heavy atom. The van der Waals surface area contributed by atoms with Crippen LogP contribution in [-0.4, -0.2) is 20.8 Å². The number of aliphatic hydroxyl groups excluding tert-OH is 1. The van der Waals surface area contributed by atoms with Crippen LogP contribution in [0.25, 0.3) is 0 Å². The summed E-state index contributed by atoms with van der Waals surface area (Å²) in [6.45, 7) is 1.97. The molecular formula is C13H15F5N2O. The summed E-state index contributed by atoms with van der Waals surface area (Å²) < 4.78 is 67.5. The van der Waals surface area contributed by atoms with Crippen molar-refractivity contribution in [2.45, 2.75) is 56.9 Å². The Labute approximate surface area is 117 Å². The van der Waals surface area contributed by atoms with Gasteiger partial charge in [0.15, 0.2) is 5.69 Å². The number of aromatic nitrogens is 2. The molecule has 0 unspecified atom stereocenters. The Morgan fingerprint density at radius 3 is 2.43 bits per heavy atom. The molecule has 0 bridgehead atoms. The van der Waals surface area contributed by atoms with Gasteiger partial charge in [-0.15, -0.1) is 0 Å². The average molecular weight is 310 g/mol. The van der Waals surface area contributed by atoms with E-state index in [2.05, 4.69) is 5.10 Å². The molecule has 1 fully saturated rings. The Kier molecular flexibility index (Phi) is 3.10. The van der Waals surface area contributed by atoms with Crippen LogP contribution >= 0.6 is 0 Å². The fourth-order valence-corrected chi connectivity index (χ4v) is 3.22. The molecular weight excluding hydrogens is 295 g/mol. The van der Waals surface area contributed by atoms with E-state index in [4.69, 9.17) is 0 Å². The molecule has 0 saturated heterocycles. The van der Waals surface area contributed by atoms with Crippen molar-refractivity contribution in [2.24, 2.45) is 5.92 Å². The summed E-state index contributed by atoms with van der Waals surface area (Å²) in [6.07, 6.45) is -6.79. The molecule has 1 atom stereocenters. The van der Waals surface area contributed by atoms with E-state index in [-0.39, 0.29) is 18.2 Å². The van der Waals surface area contributed by atoms with Crippen molar-refractivity contribution in [2.75, 3.05) is 0 Å². The maximum absolute atomic E-state index is 13.6. The summed E-state index contributed by atoms with van der Waals surface area (Å²) in [5.41, 5.74) is -2.00. The fourth-order valence-electron chi connectivity index (χ4n) is 3.22. The van der Waals surface area contributed by atoms with Crippen molar-refractivity contribution in [3.05, 3.63) is 17.0 Å². The van der Waals surface area contributed by atoms with Crippen LogP contribution in [0.4, 0.5) is 22.0 Å². The maximum atomic E-state index is 13.6. The standard InChI is InChI=1S/C13H15F5N2O/c1-6-4-7(5-6)20-8-2-3-12(14,15)11(21)9(8)10(19-20)13(16,17)18/h6-7,11,21H,2-5H2,1H3/t6-,7+,11-/m0/s1. The van der Waals surface area contributed by atoms with Gasteiger partial charge in [0.2, 0.25) is 0 Å². The number of aliphatic hydroxyl groups is 1. The van der Waals surface area contributed by atoms with Crippen LogP contribution in [0.15, 0.2) is 0 Å². The maximum Gasteiger partial charge on any atom is 0.435 e. The number of hydrogen-bond acceptors (Lipinski definition) is 2. The third-order valence-electron chi connectivity index (χ3n) is 4.38. The second-order valence-corrected chi connectivity index (χ2v) is 6.05. The molecule has 0 aliphatic heterocycles. The molecule has 3 nitrogen and oxygen atoms in total. The lowest BCUT2D eigenvalue weighted by atomic mass is 9.81. The van der Waals surface area contributed by atoms with E-state index in [1.54, 1.807) is 0 Å². The van der Waals surface area contributed by atoms with Crippen LogP contribution in [0.3, 0.4) is 0 Å². The van der Waals surface area contributed by atoms with Gasteiger partial charge in [0, 0.05) is 17.7 Å². The third-order valence-corrected chi connectivity index (χ3v) is 4.38. The summed E-state index contributed by atoms with van der Waals surface area (Å²) in [4.78, 5) is 0. The van der Waals surface area contributed by atoms with E-state index in [1.807, 2.05) is 6.92 Å². The monoisotopic (exact) mass is 310 g/mol. The van der Waals surface area contributed by atoms with Crippen LogP contribution < -0.4 is 0 Å². The first-order valence-electron chi connectivity index (χ1n) is 6.85. The normalized spacial score (nSPS) is 31.7. The number of rotatable bonds is 1. The molecule has 0 spiro atoms. The zero-order valence-electron chi connectivity index (χ0n) is 11.3. The number of nitrogens with zero attached hydrogens (tertiary/aromatic N) is 2. The fraction of sp³-hybridized carbons (Fsp3) is 0.769. The second kappa shape index (κ2) is 4.41. The van der Waals surface area contributed by atoms with E-state index < -0.39 is 35.9 Å². The summed E-state index contributed by atoms with van der Waals surface area (Å²) in [7, 11) is 0. The van der Waals surface area contributed by atoms with Crippen molar-refractivity contribution < 1.29 is 27.1 Å². The molecule has 0 aromatic carbocycles. The Hall–Kier alpha value is -1.18. The smallest absolute Gasteiger partial charge is 0.382 e. The van der Waals surface area contributed by atoms with Gasteiger partial charge in [0.1, 0.15) is 6.10 Å². The Bertz CT molecular complexity index is 560. The number of halogens is 5. The molecule has 1 saturated carbocycles. The van der Waals surface area contributed by atoms with Gasteiger partial charge in [0.05, 0.1) is 6.04 Å². The molecule has 21 heavy (non-hydrogen) atoms. The molecule has 1 N–H and O–H groups in total. The molecule has 2 aliphatic carbocycles. The topological polar surface area (TPSA) is 38.0 Å². The van der Waals surface area contributed by atoms with Crippen LogP contribution in [0.5, 0.6) is 0 Å². The van der Waals surface area contributed by atoms with Crippen molar-refractivity contribution in [1.29, 1.82) is 0 Å². The minimum atomic E-state index is -4.85. The van der Waals surface area contributed by atoms with Crippen molar-refractivity contribution >= 4 is 0 Å². The Balaban J connectivity index is 2.10. The average Bonchev–Trinajstić information content (AvgIpc) is 2.69. The predicted octanol–water partition coefficient (Wildman–Crippen LogP) is 3.49. The van der Waals surface area contributed by atoms with E-state index in [0.29, 0.717) is 18.8 Å². The van der Waals surface area contributed by atoms with Gasteiger partial charge >= 0.3 is 6.18 Å². The first-order valence-corrected chi connectivity index (χ1v) is 6.85. The van der Waals surface area contributed by atoms with Gasteiger partial charge in [-0.1, -0.05) is 6.92 Å². The van der Waals surface area contributed by atoms with Gasteiger partial charge in [-0.3, -0.25) is 4.68 Å². The summed E-state index contributed by atoms with van der Waals surface area (Å²) in [5.74, 6) is -3.16. The first kappa shape index (κ1) is 14.7. The molecule has 8 heteroatoms. The predicted molar refractivity (Wildman–Crippen MR) is 62.9 cm³/mol. The quantitative estimate of drug-likeness (QED) is 0.806. The first-order chi connectivity index (χ1) is 9.61. The molecule has 0 radical (unpaired) electrons. The molecule has 2 aliphatic rings. The van der Waals surface area contributed by atoms with E-state index in [1.165, 1.54) is 4.68 Å². The molecule has 3 rings (SSSR count). The SMILES string of the molecule is C[C@H]1C[C@@H](n2nc(C(F)(F)F)c3c2CCC(F)(F)[C@H]3O)C1. The minimum absolute atomic E-state index is 0.109. The molecule has 118 valence electrons. The van der Waals surface area contributed by atoms with Crippen LogP contribution in [0.2, 0.25) is 0 Å². The van der Waals surface area contributed by atoms with Crippen LogP contribution in [-0.2, 0) is 12.6 Å².